The first kappa shape index (κ1) is 14.0. The van der Waals surface area contributed by atoms with Gasteiger partial charge >= 0.3 is 0 Å². The largest absolute Gasteiger partial charge is 0.306 e. The molecule has 0 fully saturated rings. The average molecular weight is 231 g/mol. The van der Waals surface area contributed by atoms with Crippen LogP contribution in [0.2, 0.25) is 0 Å². The van der Waals surface area contributed by atoms with Crippen LogP contribution in [0.5, 0.6) is 0 Å². The number of benzene rings is 1. The first-order valence-electron chi connectivity index (χ1n) is 6.65. The summed E-state index contributed by atoms with van der Waals surface area (Å²) in [4.78, 5) is 0. The number of unbranched alkanes of at least 4 members (excludes halogenated alkanes) is 1. The van der Waals surface area contributed by atoms with Gasteiger partial charge < -0.3 is 5.32 Å². The van der Waals surface area contributed by atoms with E-state index in [0.717, 1.165) is 6.54 Å². The van der Waals surface area contributed by atoms with Crippen molar-refractivity contribution in [2.45, 2.75) is 46.1 Å². The van der Waals surface area contributed by atoms with Crippen molar-refractivity contribution in [2.75, 3.05) is 6.54 Å². The molecule has 1 rings (SSSR count). The fraction of sp³-hybridized carbons (Fsp3) is 0.500. The molecule has 0 aliphatic carbocycles. The molecule has 0 heterocycles. The fourth-order valence-corrected chi connectivity index (χ4v) is 1.89. The summed E-state index contributed by atoms with van der Waals surface area (Å²) in [7, 11) is 0. The highest BCUT2D eigenvalue weighted by molar-refractivity contribution is 5.19. The highest BCUT2D eigenvalue weighted by Crippen LogP contribution is 2.18. The first-order chi connectivity index (χ1) is 8.24. The normalized spacial score (nSPS) is 12.2. The maximum atomic E-state index is 3.63. The Balaban J connectivity index is 2.57. The van der Waals surface area contributed by atoms with E-state index in [4.69, 9.17) is 0 Å². The van der Waals surface area contributed by atoms with Gasteiger partial charge in [0.05, 0.1) is 0 Å². The van der Waals surface area contributed by atoms with E-state index in [1.165, 1.54) is 30.4 Å². The van der Waals surface area contributed by atoms with Crippen LogP contribution in [0.3, 0.4) is 0 Å². The Bertz CT molecular complexity index is 323. The van der Waals surface area contributed by atoms with Crippen LogP contribution in [-0.4, -0.2) is 6.54 Å². The Kier molecular flexibility index (Phi) is 6.64. The Labute approximate surface area is 106 Å². The molecular weight excluding hydrogens is 206 g/mol. The van der Waals surface area contributed by atoms with Gasteiger partial charge in [0.2, 0.25) is 0 Å². The highest BCUT2D eigenvalue weighted by Gasteiger charge is 2.08. The van der Waals surface area contributed by atoms with Crippen molar-refractivity contribution in [3.05, 3.63) is 47.5 Å². The van der Waals surface area contributed by atoms with Gasteiger partial charge in [0.1, 0.15) is 0 Å². The molecule has 0 amide bonds. The van der Waals surface area contributed by atoms with Gasteiger partial charge in [0.15, 0.2) is 0 Å². The average Bonchev–Trinajstić information content (AvgIpc) is 2.34. The predicted molar refractivity (Wildman–Crippen MR) is 76.1 cm³/mol. The smallest absolute Gasteiger partial charge is 0.0323 e. The van der Waals surface area contributed by atoms with Crippen LogP contribution in [0.15, 0.2) is 42.0 Å². The molecule has 0 aliphatic rings. The van der Waals surface area contributed by atoms with Gasteiger partial charge in [-0.1, -0.05) is 61.7 Å². The van der Waals surface area contributed by atoms with Gasteiger partial charge in [0, 0.05) is 12.6 Å². The minimum atomic E-state index is 0.492. The van der Waals surface area contributed by atoms with Gasteiger partial charge in [0.25, 0.3) is 0 Å². The lowest BCUT2D eigenvalue weighted by molar-refractivity contribution is 0.504. The third kappa shape index (κ3) is 5.69. The molecule has 1 heteroatoms. The SMILES string of the molecule is CCCCC(NCC=C(C)C)c1ccccc1. The zero-order valence-electron chi connectivity index (χ0n) is 11.4. The standard InChI is InChI=1S/C16H25N/c1-4-5-11-16(17-13-12-14(2)3)15-9-7-6-8-10-15/h6-10,12,16-17H,4-5,11,13H2,1-3H3. The lowest BCUT2D eigenvalue weighted by Gasteiger charge is -2.18. The summed E-state index contributed by atoms with van der Waals surface area (Å²) in [6.07, 6.45) is 6.01. The third-order valence-corrected chi connectivity index (χ3v) is 2.92. The maximum Gasteiger partial charge on any atom is 0.0323 e. The maximum absolute atomic E-state index is 3.63. The summed E-state index contributed by atoms with van der Waals surface area (Å²) in [6, 6.07) is 11.3. The van der Waals surface area contributed by atoms with Crippen molar-refractivity contribution < 1.29 is 0 Å². The minimum absolute atomic E-state index is 0.492. The Hall–Kier alpha value is -1.08. The van der Waals surface area contributed by atoms with Crippen molar-refractivity contribution in [2.24, 2.45) is 0 Å². The fourth-order valence-electron chi connectivity index (χ4n) is 1.89. The van der Waals surface area contributed by atoms with Gasteiger partial charge in [-0.25, -0.2) is 0 Å². The van der Waals surface area contributed by atoms with Crippen molar-refractivity contribution in [1.29, 1.82) is 0 Å². The van der Waals surface area contributed by atoms with E-state index in [-0.39, 0.29) is 0 Å². The summed E-state index contributed by atoms with van der Waals surface area (Å²) in [5.74, 6) is 0. The number of hydrogen-bond donors (Lipinski definition) is 1. The third-order valence-electron chi connectivity index (χ3n) is 2.92. The molecule has 0 aromatic heterocycles. The molecule has 0 aliphatic heterocycles. The van der Waals surface area contributed by atoms with Crippen molar-refractivity contribution in [3.63, 3.8) is 0 Å². The molecule has 0 bridgehead atoms. The van der Waals surface area contributed by atoms with Crippen LogP contribution >= 0.6 is 0 Å². The Morgan fingerprint density at radius 2 is 1.94 bits per heavy atom. The molecule has 0 spiro atoms. The quantitative estimate of drug-likeness (QED) is 0.682. The van der Waals surface area contributed by atoms with E-state index < -0.39 is 0 Å². The minimum Gasteiger partial charge on any atom is -0.306 e. The summed E-state index contributed by atoms with van der Waals surface area (Å²) < 4.78 is 0. The lowest BCUT2D eigenvalue weighted by atomic mass is 10.0. The van der Waals surface area contributed by atoms with E-state index in [1.54, 1.807) is 0 Å². The van der Waals surface area contributed by atoms with Gasteiger partial charge in [-0.05, 0) is 25.8 Å². The molecule has 94 valence electrons. The molecular formula is C16H25N. The van der Waals surface area contributed by atoms with Crippen LogP contribution in [0.25, 0.3) is 0 Å². The van der Waals surface area contributed by atoms with Crippen molar-refractivity contribution in [3.8, 4) is 0 Å². The van der Waals surface area contributed by atoms with Crippen molar-refractivity contribution in [1.82, 2.24) is 5.32 Å². The topological polar surface area (TPSA) is 12.0 Å². The monoisotopic (exact) mass is 231 g/mol. The van der Waals surface area contributed by atoms with Gasteiger partial charge in [-0.2, -0.15) is 0 Å². The van der Waals surface area contributed by atoms with E-state index >= 15 is 0 Å². The molecule has 17 heavy (non-hydrogen) atoms. The summed E-state index contributed by atoms with van der Waals surface area (Å²) >= 11 is 0. The molecule has 1 aromatic rings. The molecule has 1 atom stereocenters. The summed E-state index contributed by atoms with van der Waals surface area (Å²) in [5, 5.41) is 3.63. The molecule has 0 radical (unpaired) electrons. The van der Waals surface area contributed by atoms with Gasteiger partial charge in [-0.15, -0.1) is 0 Å². The lowest BCUT2D eigenvalue weighted by Crippen LogP contribution is -2.21. The second-order valence-corrected chi connectivity index (χ2v) is 4.80. The zero-order valence-corrected chi connectivity index (χ0v) is 11.4. The van der Waals surface area contributed by atoms with E-state index in [0.29, 0.717) is 6.04 Å². The molecule has 1 unspecified atom stereocenters. The van der Waals surface area contributed by atoms with Crippen LogP contribution in [0, 0.1) is 0 Å². The van der Waals surface area contributed by atoms with Gasteiger partial charge in [-0.3, -0.25) is 0 Å². The number of allylic oxidation sites excluding steroid dienone is 1. The highest BCUT2D eigenvalue weighted by atomic mass is 14.9. The molecule has 0 saturated heterocycles. The zero-order chi connectivity index (χ0) is 12.5. The Morgan fingerprint density at radius 3 is 2.53 bits per heavy atom. The number of hydrogen-bond acceptors (Lipinski definition) is 1. The predicted octanol–water partition coefficient (Wildman–Crippen LogP) is 4.47. The number of nitrogens with one attached hydrogen (secondary N) is 1. The van der Waals surface area contributed by atoms with Crippen LogP contribution < -0.4 is 5.32 Å². The second kappa shape index (κ2) is 8.08. The summed E-state index contributed by atoms with van der Waals surface area (Å²) in [5.41, 5.74) is 2.78. The van der Waals surface area contributed by atoms with Crippen LogP contribution in [0.4, 0.5) is 0 Å². The summed E-state index contributed by atoms with van der Waals surface area (Å²) in [6.45, 7) is 7.50. The first-order valence-corrected chi connectivity index (χ1v) is 6.65. The molecule has 1 nitrogen and oxygen atoms in total. The van der Waals surface area contributed by atoms with Crippen LogP contribution in [-0.2, 0) is 0 Å². The second-order valence-electron chi connectivity index (χ2n) is 4.80. The molecule has 1 aromatic carbocycles. The van der Waals surface area contributed by atoms with E-state index in [9.17, 15) is 0 Å². The van der Waals surface area contributed by atoms with Crippen molar-refractivity contribution >= 4 is 0 Å². The van der Waals surface area contributed by atoms with Crippen LogP contribution in [0.1, 0.15) is 51.6 Å². The number of rotatable bonds is 7. The van der Waals surface area contributed by atoms with E-state index in [1.807, 2.05) is 0 Å². The molecule has 1 N–H and O–H groups in total. The molecule has 0 saturated carbocycles. The Morgan fingerprint density at radius 1 is 1.24 bits per heavy atom. The van der Waals surface area contributed by atoms with E-state index in [2.05, 4.69) is 62.5 Å².